The number of hydrogen-bond donors (Lipinski definition) is 1. The summed E-state index contributed by atoms with van der Waals surface area (Å²) < 4.78 is 2.05. The van der Waals surface area contributed by atoms with Gasteiger partial charge < -0.3 is 25.0 Å². The normalized spacial score (nSPS) is 24.3. The number of nitrogens with two attached hydrogens (primary N) is 1. The molecule has 0 bridgehead atoms. The van der Waals surface area contributed by atoms with E-state index in [-0.39, 0.29) is 23.9 Å². The Labute approximate surface area is 241 Å². The summed E-state index contributed by atoms with van der Waals surface area (Å²) in [5.41, 5.74) is 11.4. The van der Waals surface area contributed by atoms with Crippen LogP contribution >= 0.6 is 0 Å². The van der Waals surface area contributed by atoms with Gasteiger partial charge in [-0.15, -0.1) is 0 Å². The SMILES string of the molecule is CC(=O)N1CCC2(CC1)C(=O)N([C@H]1C[C@@H](N3CCCCC3)C1)c1cc(-c3cc4ncn(C(C)C)c4c(N)n3)ccc12. The predicted octanol–water partition coefficient (Wildman–Crippen LogP) is 4.51. The Hall–Kier alpha value is -3.46. The smallest absolute Gasteiger partial charge is 0.238 e. The van der Waals surface area contributed by atoms with Gasteiger partial charge in [-0.05, 0) is 83.2 Å². The zero-order valence-corrected chi connectivity index (χ0v) is 24.5. The fourth-order valence-electron chi connectivity index (χ4n) is 7.78. The summed E-state index contributed by atoms with van der Waals surface area (Å²) in [6, 6.07) is 9.38. The number of imidazole rings is 1. The number of amides is 2. The van der Waals surface area contributed by atoms with E-state index in [4.69, 9.17) is 10.7 Å². The van der Waals surface area contributed by atoms with Crippen LogP contribution in [-0.4, -0.2) is 74.4 Å². The first-order chi connectivity index (χ1) is 19.8. The van der Waals surface area contributed by atoms with Crippen LogP contribution < -0.4 is 10.6 Å². The van der Waals surface area contributed by atoms with E-state index in [0.717, 1.165) is 46.4 Å². The van der Waals surface area contributed by atoms with Crippen LogP contribution in [0.15, 0.2) is 30.6 Å². The van der Waals surface area contributed by atoms with Gasteiger partial charge in [-0.2, -0.15) is 0 Å². The largest absolute Gasteiger partial charge is 0.382 e. The van der Waals surface area contributed by atoms with Gasteiger partial charge in [0, 0.05) is 49.4 Å². The van der Waals surface area contributed by atoms with Crippen LogP contribution in [-0.2, 0) is 15.0 Å². The minimum Gasteiger partial charge on any atom is -0.382 e. The molecule has 3 fully saturated rings. The molecule has 9 heteroatoms. The Kier molecular flexibility index (Phi) is 6.34. The lowest BCUT2D eigenvalue weighted by Crippen LogP contribution is -2.58. The quantitative estimate of drug-likeness (QED) is 0.509. The van der Waals surface area contributed by atoms with Crippen LogP contribution in [0.4, 0.5) is 11.5 Å². The monoisotopic (exact) mass is 555 g/mol. The molecule has 2 amide bonds. The van der Waals surface area contributed by atoms with Gasteiger partial charge in [-0.3, -0.25) is 9.59 Å². The molecule has 41 heavy (non-hydrogen) atoms. The van der Waals surface area contributed by atoms with Crippen molar-refractivity contribution in [1.29, 1.82) is 0 Å². The topological polar surface area (TPSA) is 101 Å². The predicted molar refractivity (Wildman–Crippen MR) is 161 cm³/mol. The third kappa shape index (κ3) is 4.15. The molecule has 4 aliphatic rings. The molecule has 216 valence electrons. The number of pyridine rings is 1. The Morgan fingerprint density at radius 1 is 1.02 bits per heavy atom. The third-order valence-corrected chi connectivity index (χ3v) is 10.3. The summed E-state index contributed by atoms with van der Waals surface area (Å²) in [5, 5.41) is 0. The Morgan fingerprint density at radius 3 is 2.44 bits per heavy atom. The minimum absolute atomic E-state index is 0.0834. The lowest BCUT2D eigenvalue weighted by molar-refractivity contribution is -0.134. The van der Waals surface area contributed by atoms with Gasteiger partial charge in [0.1, 0.15) is 11.3 Å². The fraction of sp³-hybridized carbons (Fsp3) is 0.562. The standard InChI is InChI=1S/C32H41N7O2/c1-20(2)38-19-34-27-18-26(35-30(33)29(27)38)22-7-8-25-28(15-22)39(24-16-23(17-24)37-11-5-4-6-12-37)31(41)32(25)9-13-36(14-10-32)21(3)40/h7-8,15,18-20,23-24H,4-6,9-14,16-17H2,1-3H3,(H2,33,35)/t23-,24+. The van der Waals surface area contributed by atoms with E-state index in [2.05, 4.69) is 51.4 Å². The van der Waals surface area contributed by atoms with Crippen LogP contribution in [0.2, 0.25) is 0 Å². The Bertz CT molecular complexity index is 1510. The van der Waals surface area contributed by atoms with Gasteiger partial charge in [-0.1, -0.05) is 18.6 Å². The number of aromatic nitrogens is 3. The van der Waals surface area contributed by atoms with Crippen LogP contribution in [0.25, 0.3) is 22.3 Å². The van der Waals surface area contributed by atoms with Crippen molar-refractivity contribution in [3.8, 4) is 11.3 Å². The van der Waals surface area contributed by atoms with Crippen molar-refractivity contribution in [2.75, 3.05) is 36.8 Å². The average molecular weight is 556 g/mol. The third-order valence-electron chi connectivity index (χ3n) is 10.3. The zero-order valence-electron chi connectivity index (χ0n) is 24.5. The molecule has 7 rings (SSSR count). The van der Waals surface area contributed by atoms with Crippen LogP contribution in [0.1, 0.15) is 77.3 Å². The summed E-state index contributed by atoms with van der Waals surface area (Å²) in [4.78, 5) is 42.6. The van der Waals surface area contributed by atoms with Crippen molar-refractivity contribution < 1.29 is 9.59 Å². The molecule has 1 saturated carbocycles. The number of fused-ring (bicyclic) bond motifs is 3. The number of rotatable bonds is 4. The highest BCUT2D eigenvalue weighted by molar-refractivity contribution is 6.09. The van der Waals surface area contributed by atoms with E-state index in [1.807, 2.05) is 17.3 Å². The van der Waals surface area contributed by atoms with Gasteiger partial charge in [0.25, 0.3) is 0 Å². The maximum absolute atomic E-state index is 14.4. The van der Waals surface area contributed by atoms with Gasteiger partial charge in [0.2, 0.25) is 11.8 Å². The molecule has 2 saturated heterocycles. The second kappa shape index (κ2) is 9.82. The average Bonchev–Trinajstić information content (AvgIpc) is 3.48. The first kappa shape index (κ1) is 26.4. The Morgan fingerprint density at radius 2 is 1.76 bits per heavy atom. The molecular weight excluding hydrogens is 514 g/mol. The van der Waals surface area contributed by atoms with Gasteiger partial charge in [0.15, 0.2) is 0 Å². The second-order valence-corrected chi connectivity index (χ2v) is 12.9. The summed E-state index contributed by atoms with van der Waals surface area (Å²) in [5.74, 6) is 0.766. The van der Waals surface area contributed by atoms with E-state index in [9.17, 15) is 9.59 Å². The lowest BCUT2D eigenvalue weighted by Gasteiger charge is -2.48. The van der Waals surface area contributed by atoms with Crippen molar-refractivity contribution in [3.63, 3.8) is 0 Å². The molecule has 3 aliphatic heterocycles. The number of likely N-dealkylation sites (tertiary alicyclic amines) is 2. The molecule has 0 radical (unpaired) electrons. The van der Waals surface area contributed by atoms with Gasteiger partial charge in [-0.25, -0.2) is 9.97 Å². The summed E-state index contributed by atoms with van der Waals surface area (Å²) in [7, 11) is 0. The van der Waals surface area contributed by atoms with E-state index in [1.165, 1.54) is 32.4 Å². The highest BCUT2D eigenvalue weighted by Crippen LogP contribution is 2.52. The number of benzene rings is 1. The molecule has 2 aromatic heterocycles. The zero-order chi connectivity index (χ0) is 28.5. The lowest BCUT2D eigenvalue weighted by atomic mass is 9.73. The van der Waals surface area contributed by atoms with Crippen molar-refractivity contribution in [1.82, 2.24) is 24.3 Å². The van der Waals surface area contributed by atoms with E-state index in [0.29, 0.717) is 37.8 Å². The molecule has 0 unspecified atom stereocenters. The first-order valence-corrected chi connectivity index (χ1v) is 15.4. The van der Waals surface area contributed by atoms with Crippen molar-refractivity contribution in [2.24, 2.45) is 0 Å². The summed E-state index contributed by atoms with van der Waals surface area (Å²) >= 11 is 0. The molecule has 5 heterocycles. The van der Waals surface area contributed by atoms with Crippen molar-refractivity contribution >= 4 is 34.4 Å². The number of carbonyl (C=O) groups excluding carboxylic acids is 2. The fourth-order valence-corrected chi connectivity index (χ4v) is 7.78. The van der Waals surface area contributed by atoms with Crippen molar-refractivity contribution in [3.05, 3.63) is 36.2 Å². The number of nitrogens with zero attached hydrogens (tertiary/aromatic N) is 6. The molecule has 3 aromatic rings. The molecule has 2 N–H and O–H groups in total. The molecule has 9 nitrogen and oxygen atoms in total. The van der Waals surface area contributed by atoms with Crippen LogP contribution in [0, 0.1) is 0 Å². The van der Waals surface area contributed by atoms with E-state index >= 15 is 0 Å². The first-order valence-electron chi connectivity index (χ1n) is 15.4. The number of piperidine rings is 2. The summed E-state index contributed by atoms with van der Waals surface area (Å²) in [6.45, 7) is 9.42. The molecular formula is C32H41N7O2. The van der Waals surface area contributed by atoms with Crippen LogP contribution in [0.5, 0.6) is 0 Å². The van der Waals surface area contributed by atoms with Gasteiger partial charge in [0.05, 0.1) is 23.0 Å². The highest BCUT2D eigenvalue weighted by atomic mass is 16.2. The molecule has 1 spiro atoms. The Balaban J connectivity index is 1.25. The highest BCUT2D eigenvalue weighted by Gasteiger charge is 2.55. The number of hydrogen-bond acceptors (Lipinski definition) is 6. The summed E-state index contributed by atoms with van der Waals surface area (Å²) in [6.07, 6.45) is 9.09. The van der Waals surface area contributed by atoms with Gasteiger partial charge >= 0.3 is 0 Å². The number of nitrogen functional groups attached to an aromatic ring is 1. The molecule has 1 aromatic carbocycles. The molecule has 1 aliphatic carbocycles. The second-order valence-electron chi connectivity index (χ2n) is 12.9. The van der Waals surface area contributed by atoms with E-state index in [1.54, 1.807) is 6.92 Å². The maximum atomic E-state index is 14.4. The molecule has 0 atom stereocenters. The number of carbonyl (C=O) groups is 2. The van der Waals surface area contributed by atoms with Crippen molar-refractivity contribution in [2.45, 2.75) is 89.3 Å². The number of anilines is 2. The van der Waals surface area contributed by atoms with E-state index < -0.39 is 5.41 Å². The maximum Gasteiger partial charge on any atom is 0.238 e. The van der Waals surface area contributed by atoms with Crippen LogP contribution in [0.3, 0.4) is 0 Å². The minimum atomic E-state index is -0.567.